The number of hydrogen-bond acceptors (Lipinski definition) is 5. The van der Waals surface area contributed by atoms with Crippen LogP contribution in [0, 0.1) is 5.21 Å². The van der Waals surface area contributed by atoms with Crippen molar-refractivity contribution >= 4 is 11.6 Å². The quantitative estimate of drug-likeness (QED) is 0.623. The van der Waals surface area contributed by atoms with E-state index < -0.39 is 23.7 Å². The Hall–Kier alpha value is -2.84. The van der Waals surface area contributed by atoms with Crippen molar-refractivity contribution in [3.05, 3.63) is 58.0 Å². The predicted octanol–water partition coefficient (Wildman–Crippen LogP) is 0.670. The van der Waals surface area contributed by atoms with Gasteiger partial charge < -0.3 is 15.1 Å². The van der Waals surface area contributed by atoms with Gasteiger partial charge in [0.15, 0.2) is 12.0 Å². The van der Waals surface area contributed by atoms with Gasteiger partial charge in [-0.25, -0.2) is 4.98 Å². The van der Waals surface area contributed by atoms with Crippen molar-refractivity contribution in [1.82, 2.24) is 9.55 Å². The second-order valence-corrected chi connectivity index (χ2v) is 4.88. The van der Waals surface area contributed by atoms with Gasteiger partial charge >= 0.3 is 5.92 Å². The van der Waals surface area contributed by atoms with E-state index in [0.29, 0.717) is 0 Å². The molecular formula is C14H14F2N4O3. The number of alkyl halides is 2. The lowest BCUT2D eigenvalue weighted by Gasteiger charge is -2.16. The minimum Gasteiger partial charge on any atom is -0.618 e. The Balaban J connectivity index is 2.19. The van der Waals surface area contributed by atoms with Gasteiger partial charge in [0.25, 0.3) is 11.3 Å². The molecule has 2 rings (SSSR count). The summed E-state index contributed by atoms with van der Waals surface area (Å²) in [5, 5.41) is 13.6. The van der Waals surface area contributed by atoms with E-state index in [1.807, 2.05) is 0 Å². The van der Waals surface area contributed by atoms with E-state index in [1.54, 1.807) is 0 Å². The van der Waals surface area contributed by atoms with Gasteiger partial charge in [0.2, 0.25) is 0 Å². The number of nitrogens with zero attached hydrogens (tertiary/aromatic N) is 3. The second-order valence-electron chi connectivity index (χ2n) is 4.88. The van der Waals surface area contributed by atoms with Gasteiger partial charge in [0.1, 0.15) is 5.78 Å². The first-order valence-corrected chi connectivity index (χ1v) is 6.66. The van der Waals surface area contributed by atoms with Crippen LogP contribution in [0.2, 0.25) is 0 Å². The molecule has 2 aromatic heterocycles. The van der Waals surface area contributed by atoms with Crippen LogP contribution in [-0.4, -0.2) is 21.9 Å². The first-order valence-electron chi connectivity index (χ1n) is 6.66. The molecule has 0 spiro atoms. The van der Waals surface area contributed by atoms with Gasteiger partial charge in [0, 0.05) is 24.5 Å². The highest BCUT2D eigenvalue weighted by atomic mass is 19.3. The molecule has 122 valence electrons. The monoisotopic (exact) mass is 324 g/mol. The van der Waals surface area contributed by atoms with Crippen LogP contribution in [0.1, 0.15) is 12.6 Å². The predicted molar refractivity (Wildman–Crippen MR) is 77.0 cm³/mol. The zero-order chi connectivity index (χ0) is 17.0. The zero-order valence-electron chi connectivity index (χ0n) is 12.2. The molecule has 0 fully saturated rings. The van der Waals surface area contributed by atoms with Gasteiger partial charge in [-0.1, -0.05) is 0 Å². The maximum absolute atomic E-state index is 14.1. The largest absolute Gasteiger partial charge is 0.618 e. The molecule has 2 aromatic rings. The molecule has 9 heteroatoms. The summed E-state index contributed by atoms with van der Waals surface area (Å²) in [5.41, 5.74) is -1.44. The Bertz CT molecular complexity index is 777. The molecule has 0 aliphatic rings. The molecule has 7 nitrogen and oxygen atoms in total. The number of rotatable bonds is 6. The lowest BCUT2D eigenvalue weighted by molar-refractivity contribution is -0.624. The van der Waals surface area contributed by atoms with Crippen LogP contribution in [0.3, 0.4) is 0 Å². The molecule has 0 saturated carbocycles. The van der Waals surface area contributed by atoms with Gasteiger partial charge in [0.05, 0.1) is 13.1 Å². The molecule has 0 atom stereocenters. The smallest absolute Gasteiger partial charge is 0.347 e. The van der Waals surface area contributed by atoms with Crippen LogP contribution in [-0.2, 0) is 17.3 Å². The van der Waals surface area contributed by atoms with Crippen LogP contribution in [0.4, 0.5) is 14.6 Å². The Morgan fingerprint density at radius 2 is 2.22 bits per heavy atom. The van der Waals surface area contributed by atoms with Crippen LogP contribution in [0.15, 0.2) is 41.6 Å². The molecule has 0 saturated heterocycles. The minimum absolute atomic E-state index is 0.0636. The van der Waals surface area contributed by atoms with Crippen LogP contribution in [0.5, 0.6) is 0 Å². The van der Waals surface area contributed by atoms with Crippen LogP contribution >= 0.6 is 0 Å². The third kappa shape index (κ3) is 3.87. The molecule has 23 heavy (non-hydrogen) atoms. The van der Waals surface area contributed by atoms with Crippen molar-refractivity contribution in [1.29, 1.82) is 0 Å². The van der Waals surface area contributed by atoms with Gasteiger partial charge in [-0.2, -0.15) is 13.5 Å². The summed E-state index contributed by atoms with van der Waals surface area (Å²) in [6.45, 7) is 0.147. The molecule has 0 unspecified atom stereocenters. The van der Waals surface area contributed by atoms with Crippen molar-refractivity contribution < 1.29 is 18.3 Å². The maximum atomic E-state index is 14.1. The summed E-state index contributed by atoms with van der Waals surface area (Å²) < 4.78 is 29.3. The van der Waals surface area contributed by atoms with E-state index in [0.717, 1.165) is 16.8 Å². The maximum Gasteiger partial charge on any atom is 0.347 e. The summed E-state index contributed by atoms with van der Waals surface area (Å²) in [5.74, 6) is -4.08. The molecule has 0 aromatic carbocycles. The number of ketones is 1. The SMILES string of the molecule is CC(=O)Cn1ccnc(NCC(F)(F)c2cccc[n+]2[O-])c1=O. The zero-order valence-corrected chi connectivity index (χ0v) is 12.2. The number of hydrogen-bond donors (Lipinski definition) is 1. The Kier molecular flexibility index (Phi) is 4.68. The Morgan fingerprint density at radius 3 is 2.87 bits per heavy atom. The minimum atomic E-state index is -3.50. The lowest BCUT2D eigenvalue weighted by Crippen LogP contribution is -2.41. The number of anilines is 1. The summed E-state index contributed by atoms with van der Waals surface area (Å²) in [6.07, 6.45) is 3.47. The summed E-state index contributed by atoms with van der Waals surface area (Å²) in [6, 6.07) is 3.65. The van der Waals surface area contributed by atoms with Gasteiger partial charge in [-0.3, -0.25) is 9.59 Å². The summed E-state index contributed by atoms with van der Waals surface area (Å²) >= 11 is 0. The van der Waals surface area contributed by atoms with E-state index in [2.05, 4.69) is 10.3 Å². The Labute approximate surface area is 129 Å². The fourth-order valence-corrected chi connectivity index (χ4v) is 1.93. The Morgan fingerprint density at radius 1 is 1.48 bits per heavy atom. The van der Waals surface area contributed by atoms with Crippen molar-refractivity contribution in [2.75, 3.05) is 11.9 Å². The fourth-order valence-electron chi connectivity index (χ4n) is 1.93. The summed E-state index contributed by atoms with van der Waals surface area (Å²) in [7, 11) is 0. The number of aromatic nitrogens is 3. The number of carbonyl (C=O) groups excluding carboxylic acids is 1. The number of pyridine rings is 1. The van der Waals surface area contributed by atoms with Crippen molar-refractivity contribution in [3.8, 4) is 0 Å². The van der Waals surface area contributed by atoms with E-state index in [1.165, 1.54) is 31.5 Å². The van der Waals surface area contributed by atoms with E-state index in [-0.39, 0.29) is 22.9 Å². The molecule has 2 heterocycles. The van der Waals surface area contributed by atoms with E-state index in [4.69, 9.17) is 0 Å². The van der Waals surface area contributed by atoms with Crippen molar-refractivity contribution in [2.45, 2.75) is 19.4 Å². The standard InChI is InChI=1S/C14H14F2N4O3/c1-10(21)8-19-7-5-17-12(13(19)22)18-9-14(15,16)11-4-2-3-6-20(11)23/h2-7H,8-9H2,1H3,(H,17,18). The first-order chi connectivity index (χ1) is 10.8. The molecule has 1 N–H and O–H groups in total. The lowest BCUT2D eigenvalue weighted by atomic mass is 10.2. The topological polar surface area (TPSA) is 90.9 Å². The van der Waals surface area contributed by atoms with Crippen LogP contribution in [0.25, 0.3) is 0 Å². The molecule has 0 radical (unpaired) electrons. The third-order valence-corrected chi connectivity index (χ3v) is 2.98. The van der Waals surface area contributed by atoms with E-state index in [9.17, 15) is 23.6 Å². The first kappa shape index (κ1) is 16.5. The van der Waals surface area contributed by atoms with Gasteiger partial charge in [-0.05, 0) is 13.0 Å². The molecule has 0 amide bonds. The number of halogens is 2. The highest BCUT2D eigenvalue weighted by molar-refractivity contribution is 5.75. The summed E-state index contributed by atoms with van der Waals surface area (Å²) in [4.78, 5) is 26.7. The average molecular weight is 324 g/mol. The van der Waals surface area contributed by atoms with Crippen LogP contribution < -0.4 is 15.6 Å². The third-order valence-electron chi connectivity index (χ3n) is 2.98. The van der Waals surface area contributed by atoms with Crippen molar-refractivity contribution in [2.24, 2.45) is 0 Å². The molecule has 0 aliphatic carbocycles. The molecular weight excluding hydrogens is 310 g/mol. The average Bonchev–Trinajstić information content (AvgIpc) is 2.48. The molecule has 0 bridgehead atoms. The van der Waals surface area contributed by atoms with E-state index >= 15 is 0 Å². The second kappa shape index (κ2) is 6.51. The number of carbonyl (C=O) groups is 1. The van der Waals surface area contributed by atoms with Gasteiger partial charge in [-0.15, -0.1) is 0 Å². The highest BCUT2D eigenvalue weighted by Crippen LogP contribution is 2.24. The van der Waals surface area contributed by atoms with Crippen molar-refractivity contribution in [3.63, 3.8) is 0 Å². The fraction of sp³-hybridized carbons (Fsp3) is 0.286. The number of nitrogens with one attached hydrogen (secondary N) is 1. The normalized spacial score (nSPS) is 11.3. The number of Topliss-reactive ketones (excluding diaryl/α,β-unsaturated/α-hetero) is 1. The highest BCUT2D eigenvalue weighted by Gasteiger charge is 2.39. The molecule has 0 aliphatic heterocycles.